The zero-order valence-electron chi connectivity index (χ0n) is 24.3. The predicted molar refractivity (Wildman–Crippen MR) is 164 cm³/mol. The smallest absolute Gasteiger partial charge is 0.139 e. The minimum Gasteiger partial charge on any atom is -0.489 e. The molecule has 3 aliphatic carbocycles. The van der Waals surface area contributed by atoms with Crippen LogP contribution in [0.25, 0.3) is 0 Å². The molecule has 0 saturated heterocycles. The van der Waals surface area contributed by atoms with E-state index in [9.17, 15) is 4.79 Å². The van der Waals surface area contributed by atoms with Gasteiger partial charge in [0, 0.05) is 29.7 Å². The van der Waals surface area contributed by atoms with Gasteiger partial charge in [0.05, 0.1) is 19.3 Å². The molecular formula is C35H47BrO4. The highest BCUT2D eigenvalue weighted by Crippen LogP contribution is 2.60. The molecule has 0 spiro atoms. The zero-order chi connectivity index (χ0) is 27.8. The molecule has 0 heterocycles. The van der Waals surface area contributed by atoms with E-state index in [1.807, 2.05) is 6.07 Å². The Morgan fingerprint density at radius 3 is 2.52 bits per heavy atom. The van der Waals surface area contributed by atoms with Crippen molar-refractivity contribution >= 4 is 21.7 Å². The van der Waals surface area contributed by atoms with Crippen LogP contribution in [-0.4, -0.2) is 37.0 Å². The molecule has 0 N–H and O–H groups in total. The molecule has 0 radical (unpaired) electrons. The summed E-state index contributed by atoms with van der Waals surface area (Å²) in [5.41, 5.74) is 3.74. The molecular weight excluding hydrogens is 564 g/mol. The number of ketones is 1. The monoisotopic (exact) mass is 610 g/mol. The Bertz CT molecular complexity index is 1090. The maximum atomic E-state index is 13.1. The van der Waals surface area contributed by atoms with Crippen molar-refractivity contribution in [3.8, 4) is 5.75 Å². The van der Waals surface area contributed by atoms with Gasteiger partial charge in [-0.2, -0.15) is 0 Å². The summed E-state index contributed by atoms with van der Waals surface area (Å²) in [6.07, 6.45) is 12.4. The van der Waals surface area contributed by atoms with Crippen LogP contribution in [-0.2, 0) is 27.3 Å². The molecule has 5 rings (SSSR count). The van der Waals surface area contributed by atoms with Gasteiger partial charge in [0.15, 0.2) is 0 Å². The number of aryl methyl sites for hydroxylation is 1. The zero-order valence-corrected chi connectivity index (χ0v) is 25.8. The van der Waals surface area contributed by atoms with Gasteiger partial charge >= 0.3 is 0 Å². The van der Waals surface area contributed by atoms with Crippen LogP contribution < -0.4 is 4.74 Å². The number of halogens is 1. The van der Waals surface area contributed by atoms with Crippen molar-refractivity contribution in [2.45, 2.75) is 96.2 Å². The first-order valence-electron chi connectivity index (χ1n) is 15.7. The van der Waals surface area contributed by atoms with Crippen LogP contribution in [0.3, 0.4) is 0 Å². The van der Waals surface area contributed by atoms with Crippen LogP contribution in [0.5, 0.6) is 5.75 Å². The van der Waals surface area contributed by atoms with Gasteiger partial charge in [0.25, 0.3) is 0 Å². The predicted octanol–water partition coefficient (Wildman–Crippen LogP) is 8.44. The molecule has 2 aromatic carbocycles. The van der Waals surface area contributed by atoms with Gasteiger partial charge in [-0.25, -0.2) is 0 Å². The Morgan fingerprint density at radius 1 is 0.900 bits per heavy atom. The van der Waals surface area contributed by atoms with Crippen LogP contribution in [0.15, 0.2) is 48.5 Å². The topological polar surface area (TPSA) is 44.8 Å². The Morgan fingerprint density at radius 2 is 1.70 bits per heavy atom. The molecule has 0 aliphatic heterocycles. The number of carbonyl (C=O) groups is 1. The van der Waals surface area contributed by atoms with E-state index in [-0.39, 0.29) is 11.5 Å². The van der Waals surface area contributed by atoms with Crippen molar-refractivity contribution in [2.24, 2.45) is 17.3 Å². The molecule has 40 heavy (non-hydrogen) atoms. The van der Waals surface area contributed by atoms with Crippen molar-refractivity contribution in [3.63, 3.8) is 0 Å². The standard InChI is InChI=1S/C35H47BrO4/c1-35-24-32(39-22-21-38-20-10-5-3-2-4-9-19-36)34-29-16-14-28(40-25-26-11-7-6-8-12-26)23-27(29)13-15-30(34)31(35)17-18-33(35)37/h6-8,11-12,14,16,23,30-32,34H,2-5,9-10,13,15,17-22,24-25H2,1H3/t30-,31-,32-,34+,35-/m0/s1. The van der Waals surface area contributed by atoms with E-state index in [1.165, 1.54) is 48.8 Å². The van der Waals surface area contributed by atoms with E-state index in [0.717, 1.165) is 56.2 Å². The highest BCUT2D eigenvalue weighted by atomic mass is 79.9. The van der Waals surface area contributed by atoms with E-state index >= 15 is 0 Å². The number of carbonyl (C=O) groups excluding carboxylic acids is 1. The minimum atomic E-state index is -0.238. The Kier molecular flexibility index (Phi) is 10.8. The first-order valence-corrected chi connectivity index (χ1v) is 16.8. The lowest BCUT2D eigenvalue weighted by molar-refractivity contribution is -0.137. The third-order valence-corrected chi connectivity index (χ3v) is 10.4. The number of hydrogen-bond acceptors (Lipinski definition) is 4. The summed E-state index contributed by atoms with van der Waals surface area (Å²) in [5.74, 6) is 2.71. The van der Waals surface area contributed by atoms with Crippen molar-refractivity contribution in [1.82, 2.24) is 0 Å². The first-order chi connectivity index (χ1) is 19.6. The van der Waals surface area contributed by atoms with E-state index in [2.05, 4.69) is 65.3 Å². The molecule has 2 aromatic rings. The molecule has 0 unspecified atom stereocenters. The number of Topliss-reactive ketones (excluding diaryl/α,β-unsaturated/α-hetero) is 1. The van der Waals surface area contributed by atoms with E-state index in [0.29, 0.717) is 43.4 Å². The number of rotatable bonds is 15. The SMILES string of the molecule is C[C@]12C[C@H](OCCOCCCCCCCCBr)[C@@H]3c4ccc(OCc5ccccc5)cc4CC[C@H]3[C@@H]1CCC2=O. The molecule has 0 amide bonds. The van der Waals surface area contributed by atoms with Crippen molar-refractivity contribution in [2.75, 3.05) is 25.2 Å². The van der Waals surface area contributed by atoms with Crippen LogP contribution in [0.2, 0.25) is 0 Å². The Hall–Kier alpha value is -1.69. The second-order valence-corrected chi connectivity index (χ2v) is 13.2. The van der Waals surface area contributed by atoms with Gasteiger partial charge in [-0.3, -0.25) is 4.79 Å². The lowest BCUT2D eigenvalue weighted by Gasteiger charge is -2.51. The highest BCUT2D eigenvalue weighted by Gasteiger charge is 2.58. The molecule has 2 saturated carbocycles. The fraction of sp³-hybridized carbons (Fsp3) is 0.629. The molecule has 4 nitrogen and oxygen atoms in total. The summed E-state index contributed by atoms with van der Waals surface area (Å²) >= 11 is 3.50. The molecule has 5 atom stereocenters. The fourth-order valence-electron chi connectivity index (χ4n) is 7.74. The molecule has 2 fully saturated rings. The highest BCUT2D eigenvalue weighted by molar-refractivity contribution is 9.09. The lowest BCUT2D eigenvalue weighted by atomic mass is 9.54. The van der Waals surface area contributed by atoms with Crippen LogP contribution in [0, 0.1) is 17.3 Å². The van der Waals surface area contributed by atoms with Crippen LogP contribution >= 0.6 is 15.9 Å². The summed E-state index contributed by atoms with van der Waals surface area (Å²) < 4.78 is 18.7. The Balaban J connectivity index is 1.19. The number of ether oxygens (including phenoxy) is 3. The largest absolute Gasteiger partial charge is 0.489 e. The maximum Gasteiger partial charge on any atom is 0.139 e. The molecule has 5 heteroatoms. The summed E-state index contributed by atoms with van der Waals surface area (Å²) in [6.45, 7) is 4.85. The average molecular weight is 612 g/mol. The Labute approximate surface area is 249 Å². The second-order valence-electron chi connectivity index (χ2n) is 12.4. The number of alkyl halides is 1. The van der Waals surface area contributed by atoms with E-state index in [4.69, 9.17) is 14.2 Å². The lowest BCUT2D eigenvalue weighted by Crippen LogP contribution is -2.50. The van der Waals surface area contributed by atoms with Gasteiger partial charge in [-0.15, -0.1) is 0 Å². The third kappa shape index (κ3) is 7.02. The quantitative estimate of drug-likeness (QED) is 0.150. The number of benzene rings is 2. The van der Waals surface area contributed by atoms with Crippen LogP contribution in [0.1, 0.15) is 93.7 Å². The van der Waals surface area contributed by atoms with Crippen molar-refractivity contribution in [3.05, 3.63) is 65.2 Å². The fourth-order valence-corrected chi connectivity index (χ4v) is 8.13. The summed E-state index contributed by atoms with van der Waals surface area (Å²) in [4.78, 5) is 13.1. The van der Waals surface area contributed by atoms with E-state index in [1.54, 1.807) is 0 Å². The second kappa shape index (κ2) is 14.5. The summed E-state index contributed by atoms with van der Waals surface area (Å²) in [7, 11) is 0. The molecule has 0 bridgehead atoms. The molecule has 218 valence electrons. The average Bonchev–Trinajstić information content (AvgIpc) is 3.28. The minimum absolute atomic E-state index is 0.0569. The normalized spacial score (nSPS) is 27.2. The van der Waals surface area contributed by atoms with Crippen molar-refractivity contribution < 1.29 is 19.0 Å². The van der Waals surface area contributed by atoms with Gasteiger partial charge in [-0.05, 0) is 79.2 Å². The van der Waals surface area contributed by atoms with Gasteiger partial charge in [0.1, 0.15) is 18.1 Å². The van der Waals surface area contributed by atoms with Gasteiger partial charge < -0.3 is 14.2 Å². The molecule has 0 aromatic heterocycles. The van der Waals surface area contributed by atoms with E-state index < -0.39 is 0 Å². The number of unbranched alkanes of at least 4 members (excludes halogenated alkanes) is 5. The first kappa shape index (κ1) is 29.8. The van der Waals surface area contributed by atoms with Crippen LogP contribution in [0.4, 0.5) is 0 Å². The third-order valence-electron chi connectivity index (χ3n) is 9.84. The summed E-state index contributed by atoms with van der Waals surface area (Å²) in [5, 5.41) is 1.11. The van der Waals surface area contributed by atoms with Gasteiger partial charge in [0.2, 0.25) is 0 Å². The van der Waals surface area contributed by atoms with Crippen molar-refractivity contribution in [1.29, 1.82) is 0 Å². The number of fused-ring (bicyclic) bond motifs is 5. The van der Waals surface area contributed by atoms with Gasteiger partial charge in [-0.1, -0.05) is 84.9 Å². The maximum absolute atomic E-state index is 13.1. The molecule has 3 aliphatic rings. The number of hydrogen-bond donors (Lipinski definition) is 0. The summed E-state index contributed by atoms with van der Waals surface area (Å²) in [6, 6.07) is 17.0.